The Bertz CT molecular complexity index is 1170. The van der Waals surface area contributed by atoms with Gasteiger partial charge in [-0.3, -0.25) is 14.9 Å². The summed E-state index contributed by atoms with van der Waals surface area (Å²) in [6.07, 6.45) is 0. The van der Waals surface area contributed by atoms with E-state index >= 15 is 0 Å². The number of para-hydroxylation sites is 1. The third-order valence-corrected chi connectivity index (χ3v) is 7.83. The highest BCUT2D eigenvalue weighted by Gasteiger charge is 2.57. The summed E-state index contributed by atoms with van der Waals surface area (Å²) in [6.45, 7) is 3.23. The summed E-state index contributed by atoms with van der Waals surface area (Å²) in [6, 6.07) is 15.3. The Morgan fingerprint density at radius 3 is 2.28 bits per heavy atom. The Morgan fingerprint density at radius 1 is 1.06 bits per heavy atom. The lowest BCUT2D eigenvalue weighted by molar-refractivity contribution is -0.384. The molecule has 0 N–H and O–H groups in total. The predicted octanol–water partition coefficient (Wildman–Crippen LogP) is 4.32. The Hall–Kier alpha value is -3.31. The first kappa shape index (κ1) is 21.9. The van der Waals surface area contributed by atoms with Gasteiger partial charge in [0.25, 0.3) is 5.69 Å². The SMILES string of the molecule is COC(=O)C1=C(C)N(c2ccccc2)C2(SC(C(C)=O)=NN2c2ccc([N+](=O)[O-])cc2)S1. The lowest BCUT2D eigenvalue weighted by Crippen LogP contribution is -2.49. The number of ether oxygens (including phenoxy) is 1. The van der Waals surface area contributed by atoms with Gasteiger partial charge in [0.05, 0.1) is 17.7 Å². The molecule has 1 atom stereocenters. The van der Waals surface area contributed by atoms with Gasteiger partial charge in [-0.25, -0.2) is 9.80 Å². The molecule has 2 aliphatic rings. The molecule has 9 nitrogen and oxygen atoms in total. The third-order valence-electron chi connectivity index (χ3n) is 4.86. The van der Waals surface area contributed by atoms with Gasteiger partial charge in [0.1, 0.15) is 4.91 Å². The van der Waals surface area contributed by atoms with E-state index in [1.54, 1.807) is 24.1 Å². The number of rotatable bonds is 5. The zero-order chi connectivity index (χ0) is 23.0. The maximum Gasteiger partial charge on any atom is 0.346 e. The highest BCUT2D eigenvalue weighted by Crippen LogP contribution is 2.60. The number of carbonyl (C=O) groups is 2. The molecule has 32 heavy (non-hydrogen) atoms. The van der Waals surface area contributed by atoms with Gasteiger partial charge >= 0.3 is 5.97 Å². The highest BCUT2D eigenvalue weighted by atomic mass is 32.2. The number of anilines is 2. The monoisotopic (exact) mass is 470 g/mol. The summed E-state index contributed by atoms with van der Waals surface area (Å²) in [5, 5.41) is 17.5. The van der Waals surface area contributed by atoms with Crippen molar-refractivity contribution in [1.82, 2.24) is 0 Å². The fourth-order valence-corrected chi connectivity index (χ4v) is 6.38. The molecule has 2 aromatic rings. The summed E-state index contributed by atoms with van der Waals surface area (Å²) in [5.41, 5.74) is 1.91. The fourth-order valence-electron chi connectivity index (χ4n) is 3.41. The number of hydrogen-bond acceptors (Lipinski definition) is 10. The molecule has 2 aromatic carbocycles. The molecule has 0 bridgehead atoms. The minimum absolute atomic E-state index is 0.0611. The molecule has 2 aliphatic heterocycles. The van der Waals surface area contributed by atoms with Crippen LogP contribution in [0.2, 0.25) is 0 Å². The van der Waals surface area contributed by atoms with E-state index in [2.05, 4.69) is 5.10 Å². The first-order valence-electron chi connectivity index (χ1n) is 9.45. The number of nitrogens with zero attached hydrogens (tertiary/aromatic N) is 4. The van der Waals surface area contributed by atoms with Crippen LogP contribution in [0.4, 0.5) is 17.1 Å². The first-order chi connectivity index (χ1) is 15.3. The number of Topliss-reactive ketones (excluding diaryl/α,β-unsaturated/α-hetero) is 1. The van der Waals surface area contributed by atoms with Crippen molar-refractivity contribution in [3.8, 4) is 0 Å². The summed E-state index contributed by atoms with van der Waals surface area (Å²) in [7, 11) is 1.31. The number of nitro groups is 1. The molecule has 0 aromatic heterocycles. The van der Waals surface area contributed by atoms with Gasteiger partial charge < -0.3 is 9.64 Å². The quantitative estimate of drug-likeness (QED) is 0.359. The van der Waals surface area contributed by atoms with Crippen molar-refractivity contribution in [2.24, 2.45) is 5.10 Å². The van der Waals surface area contributed by atoms with Crippen molar-refractivity contribution < 1.29 is 19.2 Å². The van der Waals surface area contributed by atoms with Crippen LogP contribution < -0.4 is 9.91 Å². The molecule has 0 saturated carbocycles. The molecule has 4 rings (SSSR count). The van der Waals surface area contributed by atoms with Crippen LogP contribution in [0.15, 0.2) is 70.3 Å². The standard InChI is InChI=1S/C21H18N4O5S2/c1-13-18(20(27)30-3)31-21(23(13)15-7-5-4-6-8-15)24(22-19(32-21)14(2)26)16-9-11-17(12-10-16)25(28)29/h4-12H,1-3H3. The number of esters is 1. The molecule has 0 aliphatic carbocycles. The smallest absolute Gasteiger partial charge is 0.346 e. The van der Waals surface area contributed by atoms with Crippen molar-refractivity contribution in [3.63, 3.8) is 0 Å². The first-order valence-corrected chi connectivity index (χ1v) is 11.1. The lowest BCUT2D eigenvalue weighted by Gasteiger charge is -2.41. The summed E-state index contributed by atoms with van der Waals surface area (Å²) < 4.78 is 3.92. The third kappa shape index (κ3) is 3.53. The van der Waals surface area contributed by atoms with Gasteiger partial charge in [0.15, 0.2) is 10.8 Å². The lowest BCUT2D eigenvalue weighted by atomic mass is 10.2. The zero-order valence-corrected chi connectivity index (χ0v) is 19.0. The number of methoxy groups -OCH3 is 1. The van der Waals surface area contributed by atoms with E-state index in [-0.39, 0.29) is 16.5 Å². The second kappa shape index (κ2) is 8.32. The number of carbonyl (C=O) groups excluding carboxylic acids is 2. The van der Waals surface area contributed by atoms with Gasteiger partial charge in [0, 0.05) is 30.4 Å². The van der Waals surface area contributed by atoms with E-state index in [1.165, 1.54) is 49.7 Å². The summed E-state index contributed by atoms with van der Waals surface area (Å²) in [5.74, 6) is -0.720. The van der Waals surface area contributed by atoms with Crippen LogP contribution in [0, 0.1) is 10.1 Å². The number of hydrogen-bond donors (Lipinski definition) is 0. The minimum Gasteiger partial charge on any atom is -0.465 e. The van der Waals surface area contributed by atoms with Crippen LogP contribution in [-0.2, 0) is 14.3 Å². The number of nitro benzene ring substituents is 1. The van der Waals surface area contributed by atoms with E-state index in [0.29, 0.717) is 16.3 Å². The average molecular weight is 471 g/mol. The Morgan fingerprint density at radius 2 is 1.72 bits per heavy atom. The van der Waals surface area contributed by atoms with Crippen LogP contribution in [-0.4, -0.2) is 33.2 Å². The Balaban J connectivity index is 1.89. The van der Waals surface area contributed by atoms with E-state index in [1.807, 2.05) is 35.2 Å². The van der Waals surface area contributed by atoms with Gasteiger partial charge in [-0.15, -0.1) is 0 Å². The van der Waals surface area contributed by atoms with Crippen molar-refractivity contribution in [2.45, 2.75) is 18.2 Å². The van der Waals surface area contributed by atoms with E-state index < -0.39 is 15.2 Å². The largest absolute Gasteiger partial charge is 0.465 e. The number of thioether (sulfide) groups is 2. The minimum atomic E-state index is -1.08. The van der Waals surface area contributed by atoms with Crippen LogP contribution in [0.1, 0.15) is 13.8 Å². The van der Waals surface area contributed by atoms with Crippen LogP contribution in [0.25, 0.3) is 0 Å². The van der Waals surface area contributed by atoms with Gasteiger partial charge in [-0.1, -0.05) is 30.0 Å². The van der Waals surface area contributed by atoms with E-state index in [9.17, 15) is 19.7 Å². The van der Waals surface area contributed by atoms with Gasteiger partial charge in [-0.05, 0) is 43.0 Å². The second-order valence-corrected chi connectivity index (χ2v) is 9.48. The summed E-state index contributed by atoms with van der Waals surface area (Å²) in [4.78, 5) is 37.8. The van der Waals surface area contributed by atoms with Crippen molar-refractivity contribution in [3.05, 3.63) is 75.3 Å². The van der Waals surface area contributed by atoms with Crippen LogP contribution >= 0.6 is 23.5 Å². The molecular formula is C21H18N4O5S2. The van der Waals surface area contributed by atoms with Crippen molar-refractivity contribution >= 4 is 57.4 Å². The van der Waals surface area contributed by atoms with Crippen LogP contribution in [0.5, 0.6) is 0 Å². The molecule has 11 heteroatoms. The summed E-state index contributed by atoms with van der Waals surface area (Å²) >= 11 is 2.43. The molecule has 1 unspecified atom stereocenters. The number of allylic oxidation sites excluding steroid dienone is 1. The maximum absolute atomic E-state index is 12.6. The maximum atomic E-state index is 12.6. The number of hydrazone groups is 1. The Labute approximate surface area is 192 Å². The second-order valence-electron chi connectivity index (χ2n) is 6.88. The molecule has 0 fully saturated rings. The average Bonchev–Trinajstić information content (AvgIpc) is 3.31. The number of ketones is 1. The van der Waals surface area contributed by atoms with E-state index in [4.69, 9.17) is 4.74 Å². The molecule has 0 amide bonds. The topological polar surface area (TPSA) is 105 Å². The molecular weight excluding hydrogens is 452 g/mol. The van der Waals surface area contributed by atoms with E-state index in [0.717, 1.165) is 5.69 Å². The number of non-ortho nitro benzene ring substituents is 1. The van der Waals surface area contributed by atoms with Crippen molar-refractivity contribution in [2.75, 3.05) is 17.0 Å². The van der Waals surface area contributed by atoms with Gasteiger partial charge in [0.2, 0.25) is 4.33 Å². The molecule has 2 heterocycles. The fraction of sp³-hybridized carbons (Fsp3) is 0.190. The normalized spacial score (nSPS) is 20.0. The molecule has 1 spiro atoms. The molecule has 0 saturated heterocycles. The highest BCUT2D eigenvalue weighted by molar-refractivity contribution is 8.29. The number of benzene rings is 2. The Kier molecular flexibility index (Phi) is 5.70. The van der Waals surface area contributed by atoms with Crippen LogP contribution in [0.3, 0.4) is 0 Å². The van der Waals surface area contributed by atoms with Gasteiger partial charge in [-0.2, -0.15) is 5.10 Å². The predicted molar refractivity (Wildman–Crippen MR) is 125 cm³/mol. The molecule has 0 radical (unpaired) electrons. The zero-order valence-electron chi connectivity index (χ0n) is 17.3. The van der Waals surface area contributed by atoms with Crippen molar-refractivity contribution in [1.29, 1.82) is 0 Å². The molecule has 164 valence electrons.